The van der Waals surface area contributed by atoms with Gasteiger partial charge in [-0.3, -0.25) is 9.80 Å². The number of pyridine rings is 1. The van der Waals surface area contributed by atoms with E-state index >= 15 is 0 Å². The molecule has 0 amide bonds. The molecule has 140 valence electrons. The van der Waals surface area contributed by atoms with Crippen molar-refractivity contribution in [2.24, 2.45) is 5.10 Å². The molecule has 0 unspecified atom stereocenters. The lowest BCUT2D eigenvalue weighted by molar-refractivity contribution is -0.111. The molecule has 2 aliphatic rings. The van der Waals surface area contributed by atoms with Gasteiger partial charge in [0.2, 0.25) is 0 Å². The molecular weight excluding hydrogens is 340 g/mol. The zero-order valence-corrected chi connectivity index (χ0v) is 15.8. The van der Waals surface area contributed by atoms with E-state index in [0.29, 0.717) is 6.54 Å². The molecule has 3 heterocycles. The van der Waals surface area contributed by atoms with Gasteiger partial charge in [-0.2, -0.15) is 5.10 Å². The van der Waals surface area contributed by atoms with Crippen molar-refractivity contribution >= 4 is 22.5 Å². The van der Waals surface area contributed by atoms with E-state index < -0.39 is 0 Å². The number of aryl methyl sites for hydroxylation is 1. The van der Waals surface area contributed by atoms with Crippen LogP contribution in [0.2, 0.25) is 0 Å². The standard InChI is InChI=1S/C21H24N4O2/c1-14-11-25(20-17(14)7-6-10-22-20)21(8-4-5-9-21)13-24-12-18(27)15(2)19(23-24)16(3)26/h6-7,10-12,27H,2,4-5,8-9,13H2,1,3H3. The number of aliphatic hydroxyl groups is 1. The van der Waals surface area contributed by atoms with Crippen molar-refractivity contribution in [1.82, 2.24) is 14.6 Å². The summed E-state index contributed by atoms with van der Waals surface area (Å²) >= 11 is 0. The number of carbonyl (C=O) groups excluding carboxylic acids is 1. The van der Waals surface area contributed by atoms with Crippen LogP contribution in [0.1, 0.15) is 38.2 Å². The van der Waals surface area contributed by atoms with Crippen LogP contribution in [0.15, 0.2) is 53.7 Å². The average Bonchev–Trinajstić information content (AvgIpc) is 3.24. The summed E-state index contributed by atoms with van der Waals surface area (Å²) in [6.45, 7) is 7.89. The van der Waals surface area contributed by atoms with Crippen LogP contribution in [-0.4, -0.2) is 37.7 Å². The maximum Gasteiger partial charge on any atom is 0.180 e. The molecule has 0 radical (unpaired) electrons. The molecule has 6 nitrogen and oxygen atoms in total. The molecule has 1 aliphatic heterocycles. The van der Waals surface area contributed by atoms with Crippen LogP contribution in [0.4, 0.5) is 0 Å². The van der Waals surface area contributed by atoms with Crippen molar-refractivity contribution in [1.29, 1.82) is 0 Å². The van der Waals surface area contributed by atoms with E-state index in [2.05, 4.69) is 40.4 Å². The fourth-order valence-corrected chi connectivity index (χ4v) is 4.31. The third-order valence-corrected chi connectivity index (χ3v) is 5.69. The quantitative estimate of drug-likeness (QED) is 0.895. The minimum atomic E-state index is -0.200. The summed E-state index contributed by atoms with van der Waals surface area (Å²) in [6.07, 6.45) is 9.83. The van der Waals surface area contributed by atoms with Crippen molar-refractivity contribution in [3.05, 3.63) is 54.2 Å². The molecular formula is C21H24N4O2. The zero-order chi connectivity index (χ0) is 19.2. The van der Waals surface area contributed by atoms with Crippen LogP contribution in [0.25, 0.3) is 11.0 Å². The molecule has 4 rings (SSSR count). The average molecular weight is 364 g/mol. The SMILES string of the molecule is C=C1C(O)=CN(CC2(n3cc(C)c4cccnc43)CCCC2)N=C1C(C)=O. The van der Waals surface area contributed by atoms with Gasteiger partial charge < -0.3 is 9.67 Å². The first-order chi connectivity index (χ1) is 12.9. The highest BCUT2D eigenvalue weighted by Crippen LogP contribution is 2.40. The molecule has 2 aromatic heterocycles. The number of allylic oxidation sites excluding steroid dienone is 1. The molecule has 0 bridgehead atoms. The number of aliphatic hydroxyl groups excluding tert-OH is 1. The molecule has 1 N–H and O–H groups in total. The summed E-state index contributed by atoms with van der Waals surface area (Å²) in [7, 11) is 0. The zero-order valence-electron chi connectivity index (χ0n) is 15.8. The first-order valence-electron chi connectivity index (χ1n) is 9.31. The number of aromatic nitrogens is 2. The van der Waals surface area contributed by atoms with Crippen LogP contribution >= 0.6 is 0 Å². The number of rotatable bonds is 4. The lowest BCUT2D eigenvalue weighted by Crippen LogP contribution is -2.41. The summed E-state index contributed by atoms with van der Waals surface area (Å²) in [5.41, 5.74) is 2.49. The molecule has 2 aromatic rings. The van der Waals surface area contributed by atoms with Crippen molar-refractivity contribution < 1.29 is 9.90 Å². The fourth-order valence-electron chi connectivity index (χ4n) is 4.31. The molecule has 1 aliphatic carbocycles. The Morgan fingerprint density at radius 3 is 2.81 bits per heavy atom. The van der Waals surface area contributed by atoms with Gasteiger partial charge in [0, 0.05) is 30.3 Å². The minimum Gasteiger partial charge on any atom is -0.506 e. The third-order valence-electron chi connectivity index (χ3n) is 5.69. The van der Waals surface area contributed by atoms with Gasteiger partial charge in [0.05, 0.1) is 18.3 Å². The number of hydrazone groups is 1. The van der Waals surface area contributed by atoms with E-state index in [-0.39, 0.29) is 28.4 Å². The Labute approximate surface area is 158 Å². The van der Waals surface area contributed by atoms with Gasteiger partial charge in [-0.15, -0.1) is 0 Å². The highest BCUT2D eigenvalue weighted by molar-refractivity contribution is 6.46. The number of hydrogen-bond acceptors (Lipinski definition) is 5. The third kappa shape index (κ3) is 2.85. The number of Topliss-reactive ketones (excluding diaryl/α,β-unsaturated/α-hetero) is 1. The van der Waals surface area contributed by atoms with Crippen LogP contribution in [0.5, 0.6) is 0 Å². The summed E-state index contributed by atoms with van der Waals surface area (Å²) in [4.78, 5) is 16.5. The Balaban J connectivity index is 1.77. The number of ketones is 1. The van der Waals surface area contributed by atoms with Gasteiger partial charge >= 0.3 is 0 Å². The highest BCUT2D eigenvalue weighted by atomic mass is 16.3. The van der Waals surface area contributed by atoms with Gasteiger partial charge in [-0.25, -0.2) is 4.98 Å². The molecule has 0 spiro atoms. The predicted molar refractivity (Wildman–Crippen MR) is 106 cm³/mol. The Kier molecular flexibility index (Phi) is 4.13. The summed E-state index contributed by atoms with van der Waals surface area (Å²) in [5.74, 6) is -0.205. The topological polar surface area (TPSA) is 70.7 Å². The number of fused-ring (bicyclic) bond motifs is 1. The second kappa shape index (κ2) is 6.37. The fraction of sp³-hybridized carbons (Fsp3) is 0.381. The molecule has 0 aromatic carbocycles. The lowest BCUT2D eigenvalue weighted by atomic mass is 9.96. The second-order valence-electron chi connectivity index (χ2n) is 7.58. The van der Waals surface area contributed by atoms with E-state index in [1.54, 1.807) is 11.2 Å². The van der Waals surface area contributed by atoms with E-state index in [0.717, 1.165) is 36.7 Å². The minimum absolute atomic E-state index is 0.00461. The van der Waals surface area contributed by atoms with Gasteiger partial charge in [-0.05, 0) is 37.5 Å². The van der Waals surface area contributed by atoms with Crippen LogP contribution < -0.4 is 0 Å². The monoisotopic (exact) mass is 364 g/mol. The first kappa shape index (κ1) is 17.5. The Morgan fingerprint density at radius 1 is 1.37 bits per heavy atom. The van der Waals surface area contributed by atoms with Gasteiger partial charge in [0.15, 0.2) is 5.78 Å². The lowest BCUT2D eigenvalue weighted by Gasteiger charge is -2.36. The van der Waals surface area contributed by atoms with Crippen LogP contribution in [0, 0.1) is 6.92 Å². The van der Waals surface area contributed by atoms with Crippen LogP contribution in [0.3, 0.4) is 0 Å². The Bertz CT molecular complexity index is 993. The van der Waals surface area contributed by atoms with Gasteiger partial charge in [0.1, 0.15) is 17.1 Å². The van der Waals surface area contributed by atoms with Crippen LogP contribution in [-0.2, 0) is 10.3 Å². The summed E-state index contributed by atoms with van der Waals surface area (Å²) < 4.78 is 2.28. The second-order valence-corrected chi connectivity index (χ2v) is 7.58. The number of nitrogens with zero attached hydrogens (tertiary/aromatic N) is 4. The highest BCUT2D eigenvalue weighted by Gasteiger charge is 2.39. The van der Waals surface area contributed by atoms with E-state index in [1.807, 2.05) is 12.3 Å². The predicted octanol–water partition coefficient (Wildman–Crippen LogP) is 3.83. The molecule has 6 heteroatoms. The summed E-state index contributed by atoms with van der Waals surface area (Å²) in [6, 6.07) is 4.06. The van der Waals surface area contributed by atoms with Crippen molar-refractivity contribution in [2.45, 2.75) is 45.1 Å². The van der Waals surface area contributed by atoms with Crippen molar-refractivity contribution in [3.63, 3.8) is 0 Å². The van der Waals surface area contributed by atoms with Crippen molar-refractivity contribution in [3.8, 4) is 0 Å². The maximum absolute atomic E-state index is 11.9. The van der Waals surface area contributed by atoms with Gasteiger partial charge in [0.25, 0.3) is 0 Å². The van der Waals surface area contributed by atoms with Crippen molar-refractivity contribution in [2.75, 3.05) is 6.54 Å². The first-order valence-corrected chi connectivity index (χ1v) is 9.31. The normalized spacial score (nSPS) is 19.3. The number of hydrogen-bond donors (Lipinski definition) is 1. The maximum atomic E-state index is 11.9. The Hall–Kier alpha value is -2.89. The van der Waals surface area contributed by atoms with E-state index in [9.17, 15) is 9.90 Å². The van der Waals surface area contributed by atoms with E-state index in [4.69, 9.17) is 0 Å². The smallest absolute Gasteiger partial charge is 0.180 e. The Morgan fingerprint density at radius 2 is 2.11 bits per heavy atom. The largest absolute Gasteiger partial charge is 0.506 e. The molecule has 0 saturated heterocycles. The molecule has 0 atom stereocenters. The number of carbonyl (C=O) groups is 1. The molecule has 1 fully saturated rings. The molecule has 27 heavy (non-hydrogen) atoms. The van der Waals surface area contributed by atoms with Gasteiger partial charge in [-0.1, -0.05) is 19.4 Å². The molecule has 1 saturated carbocycles. The van der Waals surface area contributed by atoms with E-state index in [1.165, 1.54) is 12.5 Å². The summed E-state index contributed by atoms with van der Waals surface area (Å²) in [5, 5.41) is 17.5.